The van der Waals surface area contributed by atoms with Crippen LogP contribution in [0.4, 0.5) is 10.5 Å². The quantitative estimate of drug-likeness (QED) is 0.541. The number of hydrogen-bond acceptors (Lipinski definition) is 6. The van der Waals surface area contributed by atoms with Crippen LogP contribution < -0.4 is 5.32 Å². The summed E-state index contributed by atoms with van der Waals surface area (Å²) < 4.78 is 5.27. The number of rotatable bonds is 5. The summed E-state index contributed by atoms with van der Waals surface area (Å²) >= 11 is 0. The van der Waals surface area contributed by atoms with E-state index in [1.807, 2.05) is 0 Å². The number of nitrogens with one attached hydrogen (secondary N) is 1. The van der Waals surface area contributed by atoms with Crippen LogP contribution in [0, 0.1) is 10.1 Å². The molecule has 0 spiro atoms. The normalized spacial score (nSPS) is 21.3. The number of amides is 4. The van der Waals surface area contributed by atoms with Gasteiger partial charge in [0.1, 0.15) is 6.54 Å². The van der Waals surface area contributed by atoms with Gasteiger partial charge in [0.15, 0.2) is 0 Å². The topological polar surface area (TPSA) is 125 Å². The molecule has 0 bridgehead atoms. The number of nitro groups is 1. The number of urea groups is 1. The maximum Gasteiger partial charge on any atom is 0.322 e. The van der Waals surface area contributed by atoms with Crippen molar-refractivity contribution in [2.75, 3.05) is 45.9 Å². The summed E-state index contributed by atoms with van der Waals surface area (Å²) in [6.45, 7) is 4.07. The Kier molecular flexibility index (Phi) is 5.59. The number of morpholine rings is 1. The summed E-state index contributed by atoms with van der Waals surface area (Å²) in [5.74, 6) is -0.530. The largest absolute Gasteiger partial charge is 0.378 e. The van der Waals surface area contributed by atoms with Gasteiger partial charge in [-0.2, -0.15) is 0 Å². The Labute approximate surface area is 178 Å². The number of nitrogens with zero attached hydrogens (tertiary/aromatic N) is 4. The molecular weight excluding hydrogens is 406 g/mol. The third-order valence-electron chi connectivity index (χ3n) is 5.72. The Morgan fingerprint density at radius 2 is 2.03 bits per heavy atom. The Hall–Kier alpha value is -3.47. The number of non-ortho nitro benzene ring substituents is 1. The van der Waals surface area contributed by atoms with Crippen molar-refractivity contribution < 1.29 is 24.0 Å². The molecule has 11 heteroatoms. The van der Waals surface area contributed by atoms with Gasteiger partial charge >= 0.3 is 6.03 Å². The summed E-state index contributed by atoms with van der Waals surface area (Å²) in [7, 11) is 0. The molecule has 1 fully saturated rings. The number of carbonyl (C=O) groups excluding carboxylic acids is 3. The lowest BCUT2D eigenvalue weighted by Gasteiger charge is -2.32. The molecule has 0 radical (unpaired) electrons. The van der Waals surface area contributed by atoms with Crippen LogP contribution in [0.15, 0.2) is 35.5 Å². The molecule has 3 aliphatic heterocycles. The van der Waals surface area contributed by atoms with Gasteiger partial charge in [-0.25, -0.2) is 4.79 Å². The zero-order valence-electron chi connectivity index (χ0n) is 17.1. The minimum absolute atomic E-state index is 0.0980. The summed E-state index contributed by atoms with van der Waals surface area (Å²) in [6, 6.07) is 4.66. The van der Waals surface area contributed by atoms with E-state index >= 15 is 0 Å². The Bertz CT molecular complexity index is 971. The van der Waals surface area contributed by atoms with Crippen molar-refractivity contribution >= 4 is 23.5 Å². The van der Waals surface area contributed by atoms with E-state index in [4.69, 9.17) is 4.74 Å². The highest BCUT2D eigenvalue weighted by Crippen LogP contribution is 2.37. The fourth-order valence-electron chi connectivity index (χ4n) is 4.15. The van der Waals surface area contributed by atoms with Gasteiger partial charge in [0.05, 0.1) is 42.0 Å². The molecule has 3 aliphatic rings. The summed E-state index contributed by atoms with van der Waals surface area (Å²) in [5.41, 5.74) is 1.19. The van der Waals surface area contributed by atoms with Crippen molar-refractivity contribution in [3.63, 3.8) is 0 Å². The highest BCUT2D eigenvalue weighted by molar-refractivity contribution is 6.03. The Morgan fingerprint density at radius 3 is 2.71 bits per heavy atom. The van der Waals surface area contributed by atoms with Crippen molar-refractivity contribution in [3.8, 4) is 0 Å². The molecule has 0 unspecified atom stereocenters. The molecule has 11 nitrogen and oxygen atoms in total. The molecule has 1 aromatic carbocycles. The van der Waals surface area contributed by atoms with Crippen LogP contribution in [0.5, 0.6) is 0 Å². The minimum Gasteiger partial charge on any atom is -0.378 e. The highest BCUT2D eigenvalue weighted by Gasteiger charge is 2.44. The Morgan fingerprint density at radius 1 is 1.29 bits per heavy atom. The maximum absolute atomic E-state index is 13.3. The predicted molar refractivity (Wildman–Crippen MR) is 108 cm³/mol. The second kappa shape index (κ2) is 8.34. The van der Waals surface area contributed by atoms with Gasteiger partial charge in [0, 0.05) is 31.8 Å². The van der Waals surface area contributed by atoms with E-state index in [1.54, 1.807) is 17.9 Å². The molecule has 0 saturated carbocycles. The van der Waals surface area contributed by atoms with Gasteiger partial charge in [-0.15, -0.1) is 0 Å². The zero-order valence-corrected chi connectivity index (χ0v) is 17.1. The van der Waals surface area contributed by atoms with E-state index in [-0.39, 0.29) is 36.6 Å². The average Bonchev–Trinajstić information content (AvgIpc) is 3.09. The molecule has 4 amide bonds. The Balaban J connectivity index is 1.62. The monoisotopic (exact) mass is 429 g/mol. The van der Waals surface area contributed by atoms with Crippen LogP contribution in [-0.4, -0.2) is 83.4 Å². The third-order valence-corrected chi connectivity index (χ3v) is 5.72. The van der Waals surface area contributed by atoms with Crippen molar-refractivity contribution in [2.45, 2.75) is 13.0 Å². The molecule has 1 saturated heterocycles. The lowest BCUT2D eigenvalue weighted by atomic mass is 9.95. The summed E-state index contributed by atoms with van der Waals surface area (Å²) in [5, 5.41) is 14.0. The van der Waals surface area contributed by atoms with Gasteiger partial charge in [-0.3, -0.25) is 24.6 Å². The number of ether oxygens (including phenoxy) is 1. The second-order valence-electron chi connectivity index (χ2n) is 7.49. The maximum atomic E-state index is 13.3. The molecule has 1 atom stereocenters. The van der Waals surface area contributed by atoms with E-state index in [0.29, 0.717) is 49.7 Å². The molecule has 3 heterocycles. The molecule has 164 valence electrons. The molecule has 31 heavy (non-hydrogen) atoms. The molecular formula is C20H23N5O6. The van der Waals surface area contributed by atoms with Crippen LogP contribution >= 0.6 is 0 Å². The van der Waals surface area contributed by atoms with E-state index in [2.05, 4.69) is 5.32 Å². The fraction of sp³-hybridized carbons (Fsp3) is 0.450. The van der Waals surface area contributed by atoms with Crippen LogP contribution in [0.3, 0.4) is 0 Å². The van der Waals surface area contributed by atoms with E-state index in [0.717, 1.165) is 0 Å². The fourth-order valence-corrected chi connectivity index (χ4v) is 4.15. The van der Waals surface area contributed by atoms with E-state index in [1.165, 1.54) is 28.0 Å². The first-order valence-corrected chi connectivity index (χ1v) is 10.1. The van der Waals surface area contributed by atoms with Gasteiger partial charge in [-0.05, 0) is 12.5 Å². The van der Waals surface area contributed by atoms with Crippen LogP contribution in [0.1, 0.15) is 18.5 Å². The van der Waals surface area contributed by atoms with Gasteiger partial charge in [-0.1, -0.05) is 12.1 Å². The van der Waals surface area contributed by atoms with Crippen molar-refractivity contribution in [3.05, 3.63) is 51.2 Å². The molecule has 1 N–H and O–H groups in total. The van der Waals surface area contributed by atoms with E-state index in [9.17, 15) is 24.5 Å². The lowest BCUT2D eigenvalue weighted by Crippen LogP contribution is -2.47. The molecule has 1 aromatic rings. The van der Waals surface area contributed by atoms with E-state index < -0.39 is 11.0 Å². The van der Waals surface area contributed by atoms with Crippen LogP contribution in [-0.2, 0) is 14.3 Å². The second-order valence-corrected chi connectivity index (χ2v) is 7.49. The van der Waals surface area contributed by atoms with Crippen molar-refractivity contribution in [2.24, 2.45) is 0 Å². The van der Waals surface area contributed by atoms with Gasteiger partial charge in [0.2, 0.25) is 5.91 Å². The summed E-state index contributed by atoms with van der Waals surface area (Å²) in [6.07, 6.45) is 0. The third kappa shape index (κ3) is 3.83. The predicted octanol–water partition coefficient (Wildman–Crippen LogP) is 0.636. The number of carbonyl (C=O) groups is 3. The molecule has 0 aliphatic carbocycles. The smallest absolute Gasteiger partial charge is 0.322 e. The first kappa shape index (κ1) is 20.8. The first-order valence-electron chi connectivity index (χ1n) is 10.1. The van der Waals surface area contributed by atoms with Crippen LogP contribution in [0.2, 0.25) is 0 Å². The first-order chi connectivity index (χ1) is 14.9. The highest BCUT2D eigenvalue weighted by atomic mass is 16.6. The number of hydrogen-bond donors (Lipinski definition) is 1. The van der Waals surface area contributed by atoms with Crippen LogP contribution in [0.25, 0.3) is 0 Å². The number of nitro benzene ring substituents is 1. The van der Waals surface area contributed by atoms with Crippen molar-refractivity contribution in [1.29, 1.82) is 0 Å². The number of benzene rings is 1. The summed E-state index contributed by atoms with van der Waals surface area (Å²) in [4.78, 5) is 53.9. The minimum atomic E-state index is -0.818. The number of likely N-dealkylation sites (N-methyl/N-ethyl adjacent to an activating group) is 1. The standard InChI is InChI=1S/C20H23N5O6/c1-2-24-15-11-23(12-16(26)22-6-8-31-9-7-22)19(27)17(15)18(21-20(24)28)13-4-3-5-14(10-13)25(29)30/h3-5,10,18H,2,6-9,11-12H2,1H3,(H,21,28)/t18-/m0/s1. The molecule has 4 rings (SSSR count). The van der Waals surface area contributed by atoms with Crippen molar-refractivity contribution in [1.82, 2.24) is 20.0 Å². The van der Waals surface area contributed by atoms with Gasteiger partial charge in [0.25, 0.3) is 11.6 Å². The zero-order chi connectivity index (χ0) is 22.1. The SMILES string of the molecule is CCN1C(=O)N[C@@H](c2cccc([N+](=O)[O-])c2)C2=C1CN(CC(=O)N1CCOCC1)C2=O. The van der Waals surface area contributed by atoms with Gasteiger partial charge < -0.3 is 19.9 Å². The molecule has 0 aromatic heterocycles. The average molecular weight is 429 g/mol. The lowest BCUT2D eigenvalue weighted by molar-refractivity contribution is -0.384.